The molecule has 3 aromatic carbocycles. The van der Waals surface area contributed by atoms with Gasteiger partial charge in [-0.3, -0.25) is 14.6 Å². The van der Waals surface area contributed by atoms with Gasteiger partial charge in [0.05, 0.1) is 11.4 Å². The van der Waals surface area contributed by atoms with E-state index < -0.39 is 17.1 Å². The number of aryl methyl sites for hydroxylation is 2. The number of aliphatic imine (C=N–C) groups is 1. The Kier molecular flexibility index (Phi) is 5.37. The number of para-hydroxylation sites is 1. The number of allylic oxidation sites excluding steroid dienone is 1. The summed E-state index contributed by atoms with van der Waals surface area (Å²) in [7, 11) is 0. The van der Waals surface area contributed by atoms with Crippen LogP contribution in [-0.2, 0) is 0 Å². The number of hydrogen-bond donors (Lipinski definition) is 2. The summed E-state index contributed by atoms with van der Waals surface area (Å²) in [6, 6.07) is 21.2. The highest BCUT2D eigenvalue weighted by molar-refractivity contribution is 6.63. The number of aromatic nitrogens is 2. The smallest absolute Gasteiger partial charge is 0.335 e. The average molecular weight is 463 g/mol. The highest BCUT2D eigenvalue weighted by Crippen LogP contribution is 2.37. The summed E-state index contributed by atoms with van der Waals surface area (Å²) >= 11 is 0. The number of carbonyl (C=O) groups excluding carboxylic acids is 1. The molecule has 35 heavy (non-hydrogen) atoms. The first-order valence-electron chi connectivity index (χ1n) is 11.0. The standard InChI is InChI=1S/C28H21N3O4/c1-16-12-13-19(14-17(16)2)31-27(34)22(26(33)30-28(31)35)15-21-20-10-6-7-11-23(20)29-24(21)25(32)18-8-4-3-5-9-18/h3-15,34H,1-2H3,(H,30,33,35)/b21-15+. The van der Waals surface area contributed by atoms with E-state index in [0.29, 0.717) is 28.1 Å². The molecule has 4 aromatic rings. The van der Waals surface area contributed by atoms with E-state index in [1.54, 1.807) is 60.7 Å². The molecule has 0 amide bonds. The second-order valence-corrected chi connectivity index (χ2v) is 8.33. The van der Waals surface area contributed by atoms with Gasteiger partial charge in [-0.05, 0) is 49.2 Å². The van der Waals surface area contributed by atoms with Crippen LogP contribution in [0.25, 0.3) is 17.3 Å². The van der Waals surface area contributed by atoms with Crippen molar-refractivity contribution in [1.82, 2.24) is 9.55 Å². The molecule has 0 aliphatic carbocycles. The van der Waals surface area contributed by atoms with Crippen LogP contribution in [0.3, 0.4) is 0 Å². The molecule has 2 N–H and O–H groups in total. The number of nitrogens with one attached hydrogen (secondary N) is 1. The van der Waals surface area contributed by atoms with Crippen LogP contribution >= 0.6 is 0 Å². The molecule has 7 nitrogen and oxygen atoms in total. The van der Waals surface area contributed by atoms with Crippen LogP contribution in [0.4, 0.5) is 5.69 Å². The second kappa shape index (κ2) is 8.53. The van der Waals surface area contributed by atoms with Crippen molar-refractivity contribution in [2.75, 3.05) is 0 Å². The molecule has 1 aliphatic rings. The monoisotopic (exact) mass is 463 g/mol. The van der Waals surface area contributed by atoms with Crippen molar-refractivity contribution in [3.05, 3.63) is 121 Å². The van der Waals surface area contributed by atoms with E-state index in [9.17, 15) is 19.5 Å². The van der Waals surface area contributed by atoms with Gasteiger partial charge in [-0.2, -0.15) is 0 Å². The third-order valence-corrected chi connectivity index (χ3v) is 6.09. The zero-order valence-electron chi connectivity index (χ0n) is 19.1. The summed E-state index contributed by atoms with van der Waals surface area (Å²) < 4.78 is 1.04. The lowest BCUT2D eigenvalue weighted by molar-refractivity contribution is 0.106. The van der Waals surface area contributed by atoms with Gasteiger partial charge in [-0.1, -0.05) is 54.6 Å². The molecule has 0 atom stereocenters. The maximum Gasteiger partial charge on any atom is 0.335 e. The lowest BCUT2D eigenvalue weighted by Crippen LogP contribution is -2.30. The predicted molar refractivity (Wildman–Crippen MR) is 136 cm³/mol. The van der Waals surface area contributed by atoms with Crippen LogP contribution in [0.1, 0.15) is 32.6 Å². The summed E-state index contributed by atoms with van der Waals surface area (Å²) in [6.45, 7) is 3.83. The molecule has 7 heteroatoms. The number of ketones is 1. The van der Waals surface area contributed by atoms with Crippen LogP contribution in [0.5, 0.6) is 5.88 Å². The van der Waals surface area contributed by atoms with Gasteiger partial charge in [0.15, 0.2) is 0 Å². The Morgan fingerprint density at radius 3 is 2.40 bits per heavy atom. The number of fused-ring (bicyclic) bond motifs is 1. The van der Waals surface area contributed by atoms with E-state index in [1.807, 2.05) is 26.0 Å². The minimum atomic E-state index is -0.768. The van der Waals surface area contributed by atoms with Gasteiger partial charge in [-0.15, -0.1) is 0 Å². The summed E-state index contributed by atoms with van der Waals surface area (Å²) in [5, 5.41) is 11.1. The third-order valence-electron chi connectivity index (χ3n) is 6.09. The van der Waals surface area contributed by atoms with Crippen molar-refractivity contribution < 1.29 is 9.90 Å². The number of carbonyl (C=O) groups is 1. The van der Waals surface area contributed by atoms with Gasteiger partial charge in [0.1, 0.15) is 11.3 Å². The Morgan fingerprint density at radius 1 is 0.943 bits per heavy atom. The number of aromatic amines is 1. The molecule has 0 unspecified atom stereocenters. The number of Topliss-reactive ketones (excluding diaryl/α,β-unsaturated/α-hetero) is 1. The van der Waals surface area contributed by atoms with Crippen molar-refractivity contribution in [2.45, 2.75) is 13.8 Å². The van der Waals surface area contributed by atoms with Crippen LogP contribution in [0.15, 0.2) is 87.4 Å². The number of aromatic hydroxyl groups is 1. The van der Waals surface area contributed by atoms with Crippen molar-refractivity contribution in [1.29, 1.82) is 0 Å². The Labute approximate surface area is 200 Å². The first-order valence-corrected chi connectivity index (χ1v) is 11.0. The van der Waals surface area contributed by atoms with E-state index >= 15 is 0 Å². The maximum absolute atomic E-state index is 13.3. The molecular formula is C28H21N3O4. The fraction of sp³-hybridized carbons (Fsp3) is 0.0714. The quantitative estimate of drug-likeness (QED) is 0.439. The molecular weight excluding hydrogens is 442 g/mol. The van der Waals surface area contributed by atoms with E-state index in [-0.39, 0.29) is 17.1 Å². The number of H-pyrrole nitrogens is 1. The molecule has 0 bridgehead atoms. The molecule has 0 saturated heterocycles. The second-order valence-electron chi connectivity index (χ2n) is 8.33. The molecule has 2 heterocycles. The average Bonchev–Trinajstić information content (AvgIpc) is 3.22. The fourth-order valence-corrected chi connectivity index (χ4v) is 4.07. The van der Waals surface area contributed by atoms with Crippen LogP contribution in [0.2, 0.25) is 0 Å². The normalized spacial score (nSPS) is 13.5. The van der Waals surface area contributed by atoms with Crippen LogP contribution in [-0.4, -0.2) is 26.2 Å². The zero-order chi connectivity index (χ0) is 24.7. The van der Waals surface area contributed by atoms with Gasteiger partial charge in [0, 0.05) is 16.7 Å². The molecule has 0 radical (unpaired) electrons. The van der Waals surface area contributed by atoms with Gasteiger partial charge < -0.3 is 5.11 Å². The van der Waals surface area contributed by atoms with Crippen molar-refractivity contribution in [2.24, 2.45) is 4.99 Å². The Morgan fingerprint density at radius 2 is 1.66 bits per heavy atom. The molecule has 5 rings (SSSR count). The molecule has 1 aromatic heterocycles. The highest BCUT2D eigenvalue weighted by Gasteiger charge is 2.28. The summed E-state index contributed by atoms with van der Waals surface area (Å²) in [5.74, 6) is -0.836. The predicted octanol–water partition coefficient (Wildman–Crippen LogP) is 4.36. The summed E-state index contributed by atoms with van der Waals surface area (Å²) in [5.41, 5.74) is 2.89. The Hall–Kier alpha value is -4.78. The minimum absolute atomic E-state index is 0.150. The Balaban J connectivity index is 1.72. The van der Waals surface area contributed by atoms with Crippen molar-refractivity contribution in [3.8, 4) is 11.6 Å². The van der Waals surface area contributed by atoms with E-state index in [1.165, 1.54) is 6.08 Å². The van der Waals surface area contributed by atoms with Crippen molar-refractivity contribution >= 4 is 28.8 Å². The van der Waals surface area contributed by atoms with E-state index in [4.69, 9.17) is 0 Å². The molecule has 0 spiro atoms. The lowest BCUT2D eigenvalue weighted by Gasteiger charge is -2.12. The van der Waals surface area contributed by atoms with Gasteiger partial charge >= 0.3 is 5.69 Å². The lowest BCUT2D eigenvalue weighted by atomic mass is 9.95. The Bertz CT molecular complexity index is 1670. The van der Waals surface area contributed by atoms with E-state index in [2.05, 4.69) is 9.98 Å². The minimum Gasteiger partial charge on any atom is -0.494 e. The van der Waals surface area contributed by atoms with Crippen molar-refractivity contribution in [3.63, 3.8) is 0 Å². The van der Waals surface area contributed by atoms with Gasteiger partial charge in [0.2, 0.25) is 11.7 Å². The SMILES string of the molecule is Cc1ccc(-n2c(O)c(/C=C3/C(C(=O)c4ccccc4)=Nc4ccccc43)c(=O)[nH]c2=O)cc1C. The first kappa shape index (κ1) is 22.0. The maximum atomic E-state index is 13.3. The highest BCUT2D eigenvalue weighted by atomic mass is 16.3. The molecule has 1 aliphatic heterocycles. The van der Waals surface area contributed by atoms with E-state index in [0.717, 1.165) is 15.7 Å². The number of hydrogen-bond acceptors (Lipinski definition) is 5. The topological polar surface area (TPSA) is 105 Å². The molecule has 0 fully saturated rings. The summed E-state index contributed by atoms with van der Waals surface area (Å²) in [6.07, 6.45) is 1.41. The first-order chi connectivity index (χ1) is 16.8. The molecule has 172 valence electrons. The van der Waals surface area contributed by atoms with Crippen LogP contribution < -0.4 is 11.2 Å². The van der Waals surface area contributed by atoms with Crippen LogP contribution in [0, 0.1) is 13.8 Å². The summed E-state index contributed by atoms with van der Waals surface area (Å²) in [4.78, 5) is 45.6. The largest absolute Gasteiger partial charge is 0.494 e. The number of benzene rings is 3. The van der Waals surface area contributed by atoms with Gasteiger partial charge in [0.25, 0.3) is 5.56 Å². The number of nitrogens with zero attached hydrogens (tertiary/aromatic N) is 2. The third kappa shape index (κ3) is 3.83. The zero-order valence-corrected chi connectivity index (χ0v) is 19.1. The number of rotatable bonds is 4. The molecule has 0 saturated carbocycles. The fourth-order valence-electron chi connectivity index (χ4n) is 4.07. The van der Waals surface area contributed by atoms with Gasteiger partial charge in [-0.25, -0.2) is 14.4 Å².